The summed E-state index contributed by atoms with van der Waals surface area (Å²) in [5.74, 6) is 1.09. The molecule has 1 unspecified atom stereocenters. The number of halogens is 3. The monoisotopic (exact) mass is 358 g/mol. The molecule has 0 amide bonds. The van der Waals surface area contributed by atoms with Crippen molar-refractivity contribution >= 4 is 21.6 Å². The first-order valence-corrected chi connectivity index (χ1v) is 11.2. The summed E-state index contributed by atoms with van der Waals surface area (Å²) >= 11 is 0. The maximum Gasteiger partial charge on any atom is 0.390 e. The van der Waals surface area contributed by atoms with Gasteiger partial charge >= 0.3 is 6.18 Å². The number of unbranched alkanes of at least 4 members (excludes halogenated alkanes) is 5. The molecule has 0 rings (SSSR count). The summed E-state index contributed by atoms with van der Waals surface area (Å²) in [5.41, 5.74) is 0. The van der Waals surface area contributed by atoms with Crippen LogP contribution in [0.2, 0.25) is 0 Å². The van der Waals surface area contributed by atoms with Crippen molar-refractivity contribution in [3.8, 4) is 0 Å². The topological polar surface area (TPSA) is 0 Å². The summed E-state index contributed by atoms with van der Waals surface area (Å²) in [4.78, 5) is 0. The van der Waals surface area contributed by atoms with E-state index in [1.54, 1.807) is 10.8 Å². The lowest BCUT2D eigenvalue weighted by Gasteiger charge is -2.27. The smallest absolute Gasteiger partial charge is 0.171 e. The molecular formula is C17H33F3S2. The number of rotatable bonds is 14. The molecule has 0 bridgehead atoms. The van der Waals surface area contributed by atoms with Gasteiger partial charge in [0.1, 0.15) is 0 Å². The third kappa shape index (κ3) is 13.0. The van der Waals surface area contributed by atoms with E-state index in [-0.39, 0.29) is 11.2 Å². The Morgan fingerprint density at radius 3 is 1.86 bits per heavy atom. The Morgan fingerprint density at radius 2 is 1.36 bits per heavy atom. The second-order valence-corrected chi connectivity index (χ2v) is 8.86. The predicted octanol–water partition coefficient (Wildman–Crippen LogP) is 7.88. The molecule has 0 aliphatic rings. The lowest BCUT2D eigenvalue weighted by atomic mass is 9.90. The molecule has 0 aromatic heterocycles. The molecule has 5 heteroatoms. The van der Waals surface area contributed by atoms with Crippen molar-refractivity contribution in [2.45, 2.75) is 96.4 Å². The largest absolute Gasteiger partial charge is 0.390 e. The first kappa shape index (κ1) is 22.5. The molecule has 0 aliphatic heterocycles. The van der Waals surface area contributed by atoms with Gasteiger partial charge in [-0.05, 0) is 18.8 Å². The summed E-state index contributed by atoms with van der Waals surface area (Å²) in [6.07, 6.45) is 5.18. The maximum absolute atomic E-state index is 12.9. The fourth-order valence-corrected chi connectivity index (χ4v) is 5.27. The van der Waals surface area contributed by atoms with E-state index in [0.29, 0.717) is 0 Å². The van der Waals surface area contributed by atoms with Crippen molar-refractivity contribution in [2.75, 3.05) is 5.75 Å². The van der Waals surface area contributed by atoms with Gasteiger partial charge in [-0.2, -0.15) is 13.2 Å². The van der Waals surface area contributed by atoms with Crippen molar-refractivity contribution in [3.63, 3.8) is 0 Å². The van der Waals surface area contributed by atoms with E-state index < -0.39 is 12.6 Å². The quantitative estimate of drug-likeness (QED) is 0.229. The molecule has 22 heavy (non-hydrogen) atoms. The fraction of sp³-hybridized carbons (Fsp3) is 1.00. The highest BCUT2D eigenvalue weighted by molar-refractivity contribution is 8.76. The molecule has 0 radical (unpaired) electrons. The minimum atomic E-state index is -4.04. The highest BCUT2D eigenvalue weighted by Gasteiger charge is 2.35. The van der Waals surface area contributed by atoms with Crippen LogP contribution in [0.1, 0.15) is 85.0 Å². The van der Waals surface area contributed by atoms with Crippen LogP contribution in [0.5, 0.6) is 0 Å². The van der Waals surface area contributed by atoms with Crippen molar-refractivity contribution in [2.24, 2.45) is 5.92 Å². The SMILES string of the molecule is CCCCCCC(CCCCC)[C@@H](CC(F)(F)F)SSCC. The Hall–Kier alpha value is 0.490. The molecule has 0 aromatic rings. The van der Waals surface area contributed by atoms with Crippen molar-refractivity contribution in [1.82, 2.24) is 0 Å². The van der Waals surface area contributed by atoms with Gasteiger partial charge in [0.05, 0.1) is 6.42 Å². The Bertz CT molecular complexity index is 245. The van der Waals surface area contributed by atoms with Gasteiger partial charge in [0.2, 0.25) is 0 Å². The molecule has 0 fully saturated rings. The van der Waals surface area contributed by atoms with Crippen molar-refractivity contribution in [1.29, 1.82) is 0 Å². The van der Waals surface area contributed by atoms with Gasteiger partial charge in [-0.3, -0.25) is 0 Å². The highest BCUT2D eigenvalue weighted by Crippen LogP contribution is 2.41. The molecule has 0 saturated heterocycles. The van der Waals surface area contributed by atoms with Crippen molar-refractivity contribution in [3.05, 3.63) is 0 Å². The van der Waals surface area contributed by atoms with Crippen LogP contribution in [0.3, 0.4) is 0 Å². The molecule has 0 aliphatic carbocycles. The predicted molar refractivity (Wildman–Crippen MR) is 96.6 cm³/mol. The Kier molecular flexibility index (Phi) is 14.2. The average molecular weight is 359 g/mol. The van der Waals surface area contributed by atoms with Crippen LogP contribution in [0, 0.1) is 5.92 Å². The van der Waals surface area contributed by atoms with Gasteiger partial charge in [0.15, 0.2) is 0 Å². The van der Waals surface area contributed by atoms with Crippen LogP contribution in [0.25, 0.3) is 0 Å². The van der Waals surface area contributed by atoms with Gasteiger partial charge in [-0.15, -0.1) is 0 Å². The van der Waals surface area contributed by atoms with Crippen molar-refractivity contribution < 1.29 is 13.2 Å². The number of hydrogen-bond donors (Lipinski definition) is 0. The normalized spacial score (nSPS) is 15.0. The summed E-state index contributed by atoms with van der Waals surface area (Å²) in [6.45, 7) is 6.32. The van der Waals surface area contributed by atoms with Crippen LogP contribution < -0.4 is 0 Å². The van der Waals surface area contributed by atoms with Crippen LogP contribution in [0.15, 0.2) is 0 Å². The Labute approximate surface area is 143 Å². The molecule has 0 nitrogen and oxygen atoms in total. The first-order valence-electron chi connectivity index (χ1n) is 8.79. The van der Waals surface area contributed by atoms with E-state index in [9.17, 15) is 13.2 Å². The maximum atomic E-state index is 12.9. The van der Waals surface area contributed by atoms with Gasteiger partial charge in [0.25, 0.3) is 0 Å². The second kappa shape index (κ2) is 13.9. The van der Waals surface area contributed by atoms with Crippen LogP contribution in [0.4, 0.5) is 13.2 Å². The fourth-order valence-electron chi connectivity index (χ4n) is 2.67. The van der Waals surface area contributed by atoms with Gasteiger partial charge < -0.3 is 0 Å². The van der Waals surface area contributed by atoms with Crippen LogP contribution in [-0.2, 0) is 0 Å². The Morgan fingerprint density at radius 1 is 0.818 bits per heavy atom. The molecule has 0 heterocycles. The summed E-state index contributed by atoms with van der Waals surface area (Å²) < 4.78 is 38.7. The van der Waals surface area contributed by atoms with E-state index in [1.807, 2.05) is 6.92 Å². The summed E-state index contributed by atoms with van der Waals surface area (Å²) in [7, 11) is 3.06. The lowest BCUT2D eigenvalue weighted by Crippen LogP contribution is -2.24. The zero-order valence-corrected chi connectivity index (χ0v) is 16.0. The molecule has 0 aromatic carbocycles. The minimum absolute atomic E-state index is 0.217. The molecule has 134 valence electrons. The Balaban J connectivity index is 4.59. The van der Waals surface area contributed by atoms with Crippen LogP contribution in [-0.4, -0.2) is 17.2 Å². The zero-order valence-electron chi connectivity index (χ0n) is 14.4. The summed E-state index contributed by atoms with van der Waals surface area (Å²) in [5, 5.41) is -0.275. The van der Waals surface area contributed by atoms with E-state index in [4.69, 9.17) is 0 Å². The van der Waals surface area contributed by atoms with Gasteiger partial charge in [-0.25, -0.2) is 0 Å². The average Bonchev–Trinajstić information content (AvgIpc) is 2.45. The lowest BCUT2D eigenvalue weighted by molar-refractivity contribution is -0.136. The van der Waals surface area contributed by atoms with E-state index in [1.165, 1.54) is 23.6 Å². The third-order valence-electron chi connectivity index (χ3n) is 3.87. The molecule has 0 saturated carbocycles. The minimum Gasteiger partial charge on any atom is -0.171 e. The van der Waals surface area contributed by atoms with Gasteiger partial charge in [0, 0.05) is 11.0 Å². The first-order chi connectivity index (χ1) is 10.4. The zero-order chi connectivity index (χ0) is 16.8. The standard InChI is InChI=1S/C17H33F3S2/c1-4-7-9-11-13-15(12-10-8-5-2)16(22-21-6-3)14-17(18,19)20/h15-16H,4-14H2,1-3H3/t15?,16-/m1/s1. The molecule has 2 atom stereocenters. The second-order valence-electron chi connectivity index (χ2n) is 5.97. The molecular weight excluding hydrogens is 325 g/mol. The van der Waals surface area contributed by atoms with Crippen LogP contribution >= 0.6 is 21.6 Å². The summed E-state index contributed by atoms with van der Waals surface area (Å²) in [6, 6.07) is 0. The molecule has 0 N–H and O–H groups in total. The van der Waals surface area contributed by atoms with E-state index in [0.717, 1.165) is 50.7 Å². The third-order valence-corrected chi connectivity index (χ3v) is 6.90. The molecule has 0 spiro atoms. The highest BCUT2D eigenvalue weighted by atomic mass is 33.1. The van der Waals surface area contributed by atoms with E-state index >= 15 is 0 Å². The number of hydrogen-bond acceptors (Lipinski definition) is 2. The van der Waals surface area contributed by atoms with E-state index in [2.05, 4.69) is 13.8 Å². The van der Waals surface area contributed by atoms with Gasteiger partial charge in [-0.1, -0.05) is 87.3 Å². The number of alkyl halides is 3.